The Bertz CT molecular complexity index is 2650. The molecular formula is C49H59Cl2N11O7S. The van der Waals surface area contributed by atoms with Crippen LogP contribution in [0.1, 0.15) is 51.4 Å². The van der Waals surface area contributed by atoms with Gasteiger partial charge in [0, 0.05) is 69.7 Å². The number of thiazole rings is 1. The van der Waals surface area contributed by atoms with E-state index in [1.54, 1.807) is 24.5 Å². The summed E-state index contributed by atoms with van der Waals surface area (Å²) >= 11 is 14.5. The van der Waals surface area contributed by atoms with E-state index in [2.05, 4.69) is 46.0 Å². The largest absolute Gasteiger partial charge is 0.495 e. The number of benzene rings is 3. The number of hydrogen-bond acceptors (Lipinski definition) is 14. The zero-order chi connectivity index (χ0) is 50.4. The summed E-state index contributed by atoms with van der Waals surface area (Å²) in [5.74, 6) is 0.235. The highest BCUT2D eigenvalue weighted by atomic mass is 35.5. The number of halogens is 2. The quantitative estimate of drug-likeness (QED) is 0.0708. The van der Waals surface area contributed by atoms with Crippen LogP contribution in [0.4, 0.5) is 33.5 Å². The second-order valence-corrected chi connectivity index (χ2v) is 20.0. The van der Waals surface area contributed by atoms with Gasteiger partial charge in [0.05, 0.1) is 54.7 Å². The summed E-state index contributed by atoms with van der Waals surface area (Å²) in [6, 6.07) is 16.2. The number of piperazine rings is 1. The lowest BCUT2D eigenvalue weighted by atomic mass is 9.85. The molecule has 7 rings (SSSR count). The number of rotatable bonds is 15. The van der Waals surface area contributed by atoms with Gasteiger partial charge in [0.15, 0.2) is 0 Å². The number of anilines is 5. The van der Waals surface area contributed by atoms with E-state index in [0.717, 1.165) is 33.1 Å². The van der Waals surface area contributed by atoms with E-state index in [0.29, 0.717) is 37.8 Å². The lowest BCUT2D eigenvalue weighted by Gasteiger charge is -2.37. The van der Waals surface area contributed by atoms with Gasteiger partial charge in [-0.25, -0.2) is 19.7 Å². The molecule has 21 heteroatoms. The number of urea groups is 1. The van der Waals surface area contributed by atoms with Crippen LogP contribution in [0.5, 0.6) is 11.5 Å². The van der Waals surface area contributed by atoms with E-state index in [1.807, 2.05) is 88.7 Å². The van der Waals surface area contributed by atoms with Gasteiger partial charge >= 0.3 is 6.03 Å². The van der Waals surface area contributed by atoms with E-state index >= 15 is 0 Å². The highest BCUT2D eigenvalue weighted by Crippen LogP contribution is 2.44. The number of methoxy groups -OCH3 is 2. The zero-order valence-electron chi connectivity index (χ0n) is 40.4. The van der Waals surface area contributed by atoms with Gasteiger partial charge < -0.3 is 45.6 Å². The predicted octanol–water partition coefficient (Wildman–Crippen LogP) is 7.14. The zero-order valence-corrected chi connectivity index (χ0v) is 42.7. The second-order valence-electron chi connectivity index (χ2n) is 18.4. The first kappa shape index (κ1) is 51.6. The molecule has 18 nitrogen and oxygen atoms in total. The SMILES string of the molecule is COc1cc(OC)c(Cl)c(NC(=O)N(C)c2cc(Nc3ccc(N4CCN(CC(=O)NC(C(=O)N5C[C@@H](O)C[C@H]5C(=O)NC(C)c5ccc(-c6scnc6C)cc5)C(C)(C)C)CC4)cc3)ncn2)c1Cl. The minimum absolute atomic E-state index is 0.00900. The molecular weight excluding hydrogens is 958 g/mol. The van der Waals surface area contributed by atoms with Crippen molar-refractivity contribution in [2.45, 2.75) is 65.3 Å². The number of carbonyl (C=O) groups is 4. The Hall–Kier alpha value is -6.25. The standard InChI is InChI=1S/C49H59Cl2N11O7S/c1-28(30-9-11-31(12-10-30)44-29(2)54-27-70-44)55-46(65)35-21-34(63)24-62(35)47(66)45(49(3,4)5)57-40(64)25-60-17-19-61(20-18-60)33-15-13-32(14-16-33)56-38-23-39(53-26-52-38)59(6)48(67)58-43-41(50)36(68-7)22-37(69-8)42(43)51/h9-16,22-23,26-28,34-35,45,63H,17-21,24-25H2,1-8H3,(H,55,65)(H,57,64)(H,58,67)(H,52,53,56)/t28?,34-,35-,45?/m0/s1. The van der Waals surface area contributed by atoms with Crippen LogP contribution in [-0.2, 0) is 14.4 Å². The van der Waals surface area contributed by atoms with Crippen LogP contribution in [0.15, 0.2) is 72.5 Å². The molecule has 2 aromatic heterocycles. The highest BCUT2D eigenvalue weighted by molar-refractivity contribution is 7.13. The average Bonchev–Trinajstić information content (AvgIpc) is 3.97. The maximum atomic E-state index is 14.3. The monoisotopic (exact) mass is 1020 g/mol. The molecule has 2 fully saturated rings. The van der Waals surface area contributed by atoms with Crippen molar-refractivity contribution in [2.75, 3.05) is 81.0 Å². The third-order valence-electron chi connectivity index (χ3n) is 12.4. The number of amides is 5. The summed E-state index contributed by atoms with van der Waals surface area (Å²) < 4.78 is 10.6. The van der Waals surface area contributed by atoms with Crippen molar-refractivity contribution in [3.8, 4) is 21.9 Å². The van der Waals surface area contributed by atoms with Crippen LogP contribution in [0.25, 0.3) is 10.4 Å². The summed E-state index contributed by atoms with van der Waals surface area (Å²) in [5.41, 5.74) is 5.93. The molecule has 2 unspecified atom stereocenters. The molecule has 0 saturated carbocycles. The van der Waals surface area contributed by atoms with Crippen molar-refractivity contribution < 1.29 is 33.8 Å². The molecule has 372 valence electrons. The maximum Gasteiger partial charge on any atom is 0.327 e. The Kier molecular flexibility index (Phi) is 16.4. The van der Waals surface area contributed by atoms with Gasteiger partial charge in [-0.05, 0) is 54.7 Å². The van der Waals surface area contributed by atoms with E-state index in [4.69, 9.17) is 32.7 Å². The van der Waals surface area contributed by atoms with Crippen LogP contribution in [-0.4, -0.2) is 132 Å². The number of hydrogen-bond donors (Lipinski definition) is 5. The van der Waals surface area contributed by atoms with Crippen LogP contribution in [0, 0.1) is 12.3 Å². The molecule has 70 heavy (non-hydrogen) atoms. The van der Waals surface area contributed by atoms with Gasteiger partial charge in [0.1, 0.15) is 51.6 Å². The number of aliphatic hydroxyl groups is 1. The number of likely N-dealkylation sites (tertiary alicyclic amines) is 1. The lowest BCUT2D eigenvalue weighted by Crippen LogP contribution is -2.59. The van der Waals surface area contributed by atoms with Crippen molar-refractivity contribution in [1.29, 1.82) is 0 Å². The summed E-state index contributed by atoms with van der Waals surface area (Å²) in [5, 5.41) is 23.0. The molecule has 3 aromatic carbocycles. The number of nitrogens with one attached hydrogen (secondary N) is 4. The molecule has 0 aliphatic carbocycles. The molecule has 5 N–H and O–H groups in total. The van der Waals surface area contributed by atoms with Crippen molar-refractivity contribution >= 4 is 87.0 Å². The van der Waals surface area contributed by atoms with Gasteiger partial charge in [-0.1, -0.05) is 68.2 Å². The van der Waals surface area contributed by atoms with Crippen molar-refractivity contribution in [1.82, 2.24) is 35.4 Å². The van der Waals surface area contributed by atoms with Crippen LogP contribution < -0.4 is 40.5 Å². The Morgan fingerprint density at radius 1 is 0.914 bits per heavy atom. The van der Waals surface area contributed by atoms with Gasteiger partial charge in [-0.2, -0.15) is 0 Å². The van der Waals surface area contributed by atoms with Crippen molar-refractivity contribution in [3.05, 3.63) is 93.8 Å². The van der Waals surface area contributed by atoms with Gasteiger partial charge in [0.2, 0.25) is 17.7 Å². The van der Waals surface area contributed by atoms with Crippen LogP contribution >= 0.6 is 34.5 Å². The lowest BCUT2D eigenvalue weighted by molar-refractivity contribution is -0.144. The number of aromatic nitrogens is 3. The van der Waals surface area contributed by atoms with E-state index in [1.165, 1.54) is 36.4 Å². The molecule has 2 aliphatic heterocycles. The third-order valence-corrected chi connectivity index (χ3v) is 14.1. The van der Waals surface area contributed by atoms with Gasteiger partial charge in [-0.15, -0.1) is 11.3 Å². The van der Waals surface area contributed by atoms with Crippen molar-refractivity contribution in [3.63, 3.8) is 0 Å². The number of ether oxygens (including phenoxy) is 2. The summed E-state index contributed by atoms with van der Waals surface area (Å²) in [7, 11) is 4.42. The molecule has 4 atom stereocenters. The first-order chi connectivity index (χ1) is 33.3. The topological polar surface area (TPSA) is 207 Å². The minimum atomic E-state index is -0.933. The van der Waals surface area contributed by atoms with Crippen LogP contribution in [0.2, 0.25) is 10.0 Å². The molecule has 5 aromatic rings. The Balaban J connectivity index is 0.895. The van der Waals surface area contributed by atoms with Crippen LogP contribution in [0.3, 0.4) is 0 Å². The van der Waals surface area contributed by atoms with E-state index in [9.17, 15) is 24.3 Å². The molecule has 2 aliphatic rings. The fourth-order valence-corrected chi connectivity index (χ4v) is 9.79. The Morgan fingerprint density at radius 3 is 2.17 bits per heavy atom. The molecule has 4 heterocycles. The van der Waals surface area contributed by atoms with E-state index in [-0.39, 0.29) is 64.6 Å². The number of β-amino-alcohol motifs (C(OH)–C–C–N with tert-alkyl or cyclic N) is 1. The number of carbonyl (C=O) groups excluding carboxylic acids is 4. The van der Waals surface area contributed by atoms with Crippen molar-refractivity contribution in [2.24, 2.45) is 5.41 Å². The second kappa shape index (κ2) is 22.2. The highest BCUT2D eigenvalue weighted by Gasteiger charge is 2.45. The average molecular weight is 1020 g/mol. The Labute approximate surface area is 421 Å². The first-order valence-electron chi connectivity index (χ1n) is 22.7. The number of aliphatic hydroxyl groups excluding tert-OH is 1. The molecule has 0 spiro atoms. The third kappa shape index (κ3) is 12.0. The number of nitrogens with zero attached hydrogens (tertiary/aromatic N) is 7. The summed E-state index contributed by atoms with van der Waals surface area (Å²) in [6.45, 7) is 12.1. The maximum absolute atomic E-state index is 14.3. The fourth-order valence-electron chi connectivity index (χ4n) is 8.38. The van der Waals surface area contributed by atoms with Gasteiger partial charge in [0.25, 0.3) is 0 Å². The molecule has 0 bridgehead atoms. The van der Waals surface area contributed by atoms with E-state index < -0.39 is 35.5 Å². The number of aryl methyl sites for hydroxylation is 1. The normalized spacial score (nSPS) is 17.1. The Morgan fingerprint density at radius 2 is 1.57 bits per heavy atom. The first-order valence-corrected chi connectivity index (χ1v) is 24.4. The smallest absolute Gasteiger partial charge is 0.327 e. The molecule has 2 saturated heterocycles. The minimum Gasteiger partial charge on any atom is -0.495 e. The molecule has 0 radical (unpaired) electrons. The summed E-state index contributed by atoms with van der Waals surface area (Å²) in [6.07, 6.45) is 0.564. The fraction of sp³-hybridized carbons (Fsp3) is 0.408. The summed E-state index contributed by atoms with van der Waals surface area (Å²) in [4.78, 5) is 76.0. The van der Waals surface area contributed by atoms with Gasteiger partial charge in [-0.3, -0.25) is 24.2 Å². The molecule has 5 amide bonds. The predicted molar refractivity (Wildman–Crippen MR) is 274 cm³/mol.